The summed E-state index contributed by atoms with van der Waals surface area (Å²) in [5.41, 5.74) is 0.749. The molecule has 0 saturated heterocycles. The van der Waals surface area contributed by atoms with Crippen molar-refractivity contribution in [3.63, 3.8) is 0 Å². The summed E-state index contributed by atoms with van der Waals surface area (Å²) in [6.45, 7) is 0.682. The van der Waals surface area contributed by atoms with E-state index in [9.17, 15) is 4.79 Å². The normalized spacial score (nSPS) is 14.7. The maximum absolute atomic E-state index is 10.5. The summed E-state index contributed by atoms with van der Waals surface area (Å²) in [4.78, 5) is 10.5. The van der Waals surface area contributed by atoms with Crippen LogP contribution in [0.25, 0.3) is 6.08 Å². The first-order chi connectivity index (χ1) is 8.69. The van der Waals surface area contributed by atoms with Crippen LogP contribution in [0, 0.1) is 5.92 Å². The van der Waals surface area contributed by atoms with Gasteiger partial charge in [0.2, 0.25) is 0 Å². The van der Waals surface area contributed by atoms with Gasteiger partial charge in [0, 0.05) is 17.7 Å². The van der Waals surface area contributed by atoms with Crippen molar-refractivity contribution in [1.82, 2.24) is 0 Å². The zero-order valence-corrected chi connectivity index (χ0v) is 10.3. The van der Waals surface area contributed by atoms with Crippen molar-refractivity contribution >= 4 is 12.0 Å². The molecule has 0 unspecified atom stereocenters. The van der Waals surface area contributed by atoms with Crippen molar-refractivity contribution in [1.29, 1.82) is 0 Å². The molecule has 0 radical (unpaired) electrons. The molecule has 0 atom stereocenters. The summed E-state index contributed by atoms with van der Waals surface area (Å²) in [5.74, 6) is 1.04. The molecule has 4 nitrogen and oxygen atoms in total. The van der Waals surface area contributed by atoms with Crippen LogP contribution in [-0.2, 0) is 4.79 Å². The van der Waals surface area contributed by atoms with Crippen molar-refractivity contribution in [2.45, 2.75) is 12.8 Å². The molecule has 1 aromatic rings. The number of aliphatic carboxylic acids is 1. The first-order valence-corrected chi connectivity index (χ1v) is 5.91. The Morgan fingerprint density at radius 3 is 2.89 bits per heavy atom. The Morgan fingerprint density at radius 1 is 1.50 bits per heavy atom. The summed E-state index contributed by atoms with van der Waals surface area (Å²) < 4.78 is 10.8. The lowest BCUT2D eigenvalue weighted by Gasteiger charge is -2.10. The van der Waals surface area contributed by atoms with E-state index in [1.54, 1.807) is 25.3 Å². The average Bonchev–Trinajstić information content (AvgIpc) is 3.18. The molecule has 1 aliphatic rings. The maximum atomic E-state index is 10.5. The molecule has 0 spiro atoms. The van der Waals surface area contributed by atoms with Crippen LogP contribution >= 0.6 is 0 Å². The van der Waals surface area contributed by atoms with Gasteiger partial charge in [-0.1, -0.05) is 0 Å². The van der Waals surface area contributed by atoms with E-state index in [1.807, 2.05) is 0 Å². The average molecular weight is 248 g/mol. The third kappa shape index (κ3) is 3.52. The number of hydrogen-bond donors (Lipinski definition) is 1. The Bertz CT molecular complexity index is 461. The summed E-state index contributed by atoms with van der Waals surface area (Å²) in [7, 11) is 1.59. The number of hydrogen-bond acceptors (Lipinski definition) is 3. The molecule has 0 bridgehead atoms. The quantitative estimate of drug-likeness (QED) is 0.786. The third-order valence-electron chi connectivity index (χ3n) is 2.80. The highest BCUT2D eigenvalue weighted by Crippen LogP contribution is 2.32. The van der Waals surface area contributed by atoms with E-state index in [-0.39, 0.29) is 0 Å². The Balaban J connectivity index is 2.16. The van der Waals surface area contributed by atoms with Gasteiger partial charge in [0.15, 0.2) is 0 Å². The van der Waals surface area contributed by atoms with E-state index in [2.05, 4.69) is 0 Å². The Morgan fingerprint density at radius 2 is 2.28 bits per heavy atom. The molecule has 1 aromatic carbocycles. The number of carboxylic acid groups (broad SMARTS) is 1. The number of benzene rings is 1. The predicted octanol–water partition coefficient (Wildman–Crippen LogP) is 2.58. The molecule has 4 heteroatoms. The molecule has 1 fully saturated rings. The molecule has 1 saturated carbocycles. The lowest BCUT2D eigenvalue weighted by molar-refractivity contribution is -0.131. The van der Waals surface area contributed by atoms with Crippen LogP contribution in [0.15, 0.2) is 24.3 Å². The van der Waals surface area contributed by atoms with E-state index in [1.165, 1.54) is 18.9 Å². The number of carbonyl (C=O) groups is 1. The van der Waals surface area contributed by atoms with E-state index < -0.39 is 5.97 Å². The van der Waals surface area contributed by atoms with E-state index >= 15 is 0 Å². The minimum absolute atomic E-state index is 0.646. The largest absolute Gasteiger partial charge is 0.497 e. The lowest BCUT2D eigenvalue weighted by atomic mass is 10.1. The lowest BCUT2D eigenvalue weighted by Crippen LogP contribution is -2.01. The van der Waals surface area contributed by atoms with Crippen molar-refractivity contribution in [2.24, 2.45) is 5.92 Å². The number of methoxy groups -OCH3 is 1. The molecular weight excluding hydrogens is 232 g/mol. The van der Waals surface area contributed by atoms with Gasteiger partial charge < -0.3 is 14.6 Å². The van der Waals surface area contributed by atoms with Gasteiger partial charge in [0.05, 0.1) is 13.7 Å². The van der Waals surface area contributed by atoms with E-state index in [0.717, 1.165) is 11.6 Å². The maximum Gasteiger partial charge on any atom is 0.328 e. The smallest absolute Gasteiger partial charge is 0.328 e. The molecule has 0 heterocycles. The summed E-state index contributed by atoms with van der Waals surface area (Å²) in [6.07, 6.45) is 5.06. The first-order valence-electron chi connectivity index (χ1n) is 5.91. The van der Waals surface area contributed by atoms with E-state index in [0.29, 0.717) is 24.0 Å². The van der Waals surface area contributed by atoms with Gasteiger partial charge in [-0.2, -0.15) is 0 Å². The second-order valence-corrected chi connectivity index (χ2v) is 4.33. The SMILES string of the molecule is COc1ccc(C=CC(=O)O)c(OCC2CC2)c1. The molecule has 0 amide bonds. The van der Waals surface area contributed by atoms with Gasteiger partial charge in [-0.3, -0.25) is 0 Å². The predicted molar refractivity (Wildman–Crippen MR) is 67.9 cm³/mol. The zero-order valence-electron chi connectivity index (χ0n) is 10.3. The van der Waals surface area contributed by atoms with Gasteiger partial charge in [-0.25, -0.2) is 4.79 Å². The molecule has 0 aliphatic heterocycles. The Kier molecular flexibility index (Phi) is 3.87. The Labute approximate surface area is 106 Å². The zero-order chi connectivity index (χ0) is 13.0. The van der Waals surface area contributed by atoms with Crippen LogP contribution in [0.3, 0.4) is 0 Å². The Hall–Kier alpha value is -1.97. The van der Waals surface area contributed by atoms with Crippen molar-refractivity contribution in [3.8, 4) is 11.5 Å². The van der Waals surface area contributed by atoms with Crippen LogP contribution in [-0.4, -0.2) is 24.8 Å². The van der Waals surface area contributed by atoms with Crippen LogP contribution in [0.2, 0.25) is 0 Å². The van der Waals surface area contributed by atoms with Crippen molar-refractivity contribution in [3.05, 3.63) is 29.8 Å². The molecule has 2 rings (SSSR count). The van der Waals surface area contributed by atoms with Crippen molar-refractivity contribution < 1.29 is 19.4 Å². The molecule has 0 aromatic heterocycles. The minimum Gasteiger partial charge on any atom is -0.497 e. The summed E-state index contributed by atoms with van der Waals surface area (Å²) >= 11 is 0. The highest BCUT2D eigenvalue weighted by molar-refractivity contribution is 5.86. The van der Waals surface area contributed by atoms with Gasteiger partial charge in [-0.15, -0.1) is 0 Å². The van der Waals surface area contributed by atoms with Gasteiger partial charge in [0.25, 0.3) is 0 Å². The monoisotopic (exact) mass is 248 g/mol. The van der Waals surface area contributed by atoms with Crippen LogP contribution < -0.4 is 9.47 Å². The van der Waals surface area contributed by atoms with Gasteiger partial charge in [0.1, 0.15) is 11.5 Å². The van der Waals surface area contributed by atoms with Gasteiger partial charge in [-0.05, 0) is 37.0 Å². The molecule has 1 aliphatic carbocycles. The van der Waals surface area contributed by atoms with Crippen LogP contribution in [0.1, 0.15) is 18.4 Å². The number of ether oxygens (including phenoxy) is 2. The fourth-order valence-corrected chi connectivity index (χ4v) is 1.56. The molecular formula is C14H16O4. The molecule has 1 N–H and O–H groups in total. The summed E-state index contributed by atoms with van der Waals surface area (Å²) in [5, 5.41) is 8.64. The highest BCUT2D eigenvalue weighted by Gasteiger charge is 2.22. The molecule has 18 heavy (non-hydrogen) atoms. The fourth-order valence-electron chi connectivity index (χ4n) is 1.56. The fraction of sp³-hybridized carbons (Fsp3) is 0.357. The van der Waals surface area contributed by atoms with Crippen LogP contribution in [0.5, 0.6) is 11.5 Å². The highest BCUT2D eigenvalue weighted by atomic mass is 16.5. The minimum atomic E-state index is -0.973. The third-order valence-corrected chi connectivity index (χ3v) is 2.80. The second-order valence-electron chi connectivity index (χ2n) is 4.33. The number of carboxylic acids is 1. The molecule has 96 valence electrons. The topological polar surface area (TPSA) is 55.8 Å². The standard InChI is InChI=1S/C14H16O4/c1-17-12-6-4-11(5-7-14(15)16)13(8-12)18-9-10-2-3-10/h4-8,10H,2-3,9H2,1H3,(H,15,16). The summed E-state index contributed by atoms with van der Waals surface area (Å²) in [6, 6.07) is 5.36. The van der Waals surface area contributed by atoms with Crippen LogP contribution in [0.4, 0.5) is 0 Å². The van der Waals surface area contributed by atoms with Gasteiger partial charge >= 0.3 is 5.97 Å². The number of rotatable bonds is 6. The van der Waals surface area contributed by atoms with E-state index in [4.69, 9.17) is 14.6 Å². The second kappa shape index (κ2) is 5.58. The first kappa shape index (κ1) is 12.5. The van der Waals surface area contributed by atoms with Crippen molar-refractivity contribution in [2.75, 3.05) is 13.7 Å².